The van der Waals surface area contributed by atoms with Gasteiger partial charge in [0.1, 0.15) is 0 Å². The van der Waals surface area contributed by atoms with E-state index in [0.717, 1.165) is 17.8 Å². The normalized spacial score (nSPS) is 11.1. The first-order valence-electron chi connectivity index (χ1n) is 5.86. The molecular weight excluding hydrogens is 212 g/mol. The summed E-state index contributed by atoms with van der Waals surface area (Å²) in [7, 11) is 3.53. The molecule has 0 atom stereocenters. The molecule has 0 heterocycles. The van der Waals surface area contributed by atoms with Crippen LogP contribution in [-0.4, -0.2) is 31.4 Å². The van der Waals surface area contributed by atoms with E-state index in [1.165, 1.54) is 0 Å². The maximum absolute atomic E-state index is 12.0. The lowest BCUT2D eigenvalue weighted by Gasteiger charge is -2.21. The van der Waals surface area contributed by atoms with E-state index in [1.54, 1.807) is 19.0 Å². The van der Waals surface area contributed by atoms with Crippen LogP contribution >= 0.6 is 0 Å². The van der Waals surface area contributed by atoms with Gasteiger partial charge >= 0.3 is 0 Å². The van der Waals surface area contributed by atoms with E-state index in [2.05, 4.69) is 26.1 Å². The Bertz CT molecular complexity index is 391. The predicted octanol–water partition coefficient (Wildman–Crippen LogP) is 2.85. The van der Waals surface area contributed by atoms with E-state index in [0.29, 0.717) is 0 Å². The zero-order valence-electron chi connectivity index (χ0n) is 11.4. The lowest BCUT2D eigenvalue weighted by atomic mass is 9.96. The van der Waals surface area contributed by atoms with Crippen LogP contribution in [0.4, 0.5) is 5.69 Å². The highest BCUT2D eigenvalue weighted by atomic mass is 16.2. The molecule has 1 aromatic rings. The zero-order valence-corrected chi connectivity index (χ0v) is 11.4. The van der Waals surface area contributed by atoms with Crippen molar-refractivity contribution in [1.82, 2.24) is 4.90 Å². The molecule has 3 heteroatoms. The Morgan fingerprint density at radius 1 is 1.24 bits per heavy atom. The third kappa shape index (κ3) is 4.10. The summed E-state index contributed by atoms with van der Waals surface area (Å²) in [6, 6.07) is 7.63. The van der Waals surface area contributed by atoms with Crippen molar-refractivity contribution in [3.63, 3.8) is 0 Å². The molecule has 1 N–H and O–H groups in total. The van der Waals surface area contributed by atoms with Crippen molar-refractivity contribution >= 4 is 11.6 Å². The Morgan fingerprint density at radius 2 is 1.82 bits per heavy atom. The van der Waals surface area contributed by atoms with Crippen molar-refractivity contribution in [3.05, 3.63) is 29.8 Å². The van der Waals surface area contributed by atoms with E-state index < -0.39 is 0 Å². The van der Waals surface area contributed by atoms with Gasteiger partial charge in [0.05, 0.1) is 5.56 Å². The van der Waals surface area contributed by atoms with Crippen LogP contribution in [0.3, 0.4) is 0 Å². The first-order chi connectivity index (χ1) is 7.81. The summed E-state index contributed by atoms with van der Waals surface area (Å²) in [5, 5.41) is 3.34. The Hall–Kier alpha value is -1.51. The van der Waals surface area contributed by atoms with E-state index in [1.807, 2.05) is 24.3 Å². The van der Waals surface area contributed by atoms with Gasteiger partial charge in [0.15, 0.2) is 0 Å². The standard InChI is InChI=1S/C14H22N2O/c1-14(2,3)10-15-12-9-7-6-8-11(12)13(17)16(4)5/h6-9,15H,10H2,1-5H3. The van der Waals surface area contributed by atoms with Gasteiger partial charge < -0.3 is 10.2 Å². The molecule has 1 aromatic carbocycles. The highest BCUT2D eigenvalue weighted by molar-refractivity contribution is 5.99. The highest BCUT2D eigenvalue weighted by Crippen LogP contribution is 2.19. The number of benzene rings is 1. The minimum Gasteiger partial charge on any atom is -0.384 e. The molecule has 17 heavy (non-hydrogen) atoms. The fourth-order valence-corrected chi connectivity index (χ4v) is 1.43. The van der Waals surface area contributed by atoms with Crippen molar-refractivity contribution in [2.75, 3.05) is 26.0 Å². The number of amides is 1. The fraction of sp³-hybridized carbons (Fsp3) is 0.500. The van der Waals surface area contributed by atoms with E-state index in [9.17, 15) is 4.79 Å². The number of nitrogens with one attached hydrogen (secondary N) is 1. The summed E-state index contributed by atoms with van der Waals surface area (Å²) in [6.07, 6.45) is 0. The molecule has 0 fully saturated rings. The second-order valence-electron chi connectivity index (χ2n) is 5.66. The number of anilines is 1. The highest BCUT2D eigenvalue weighted by Gasteiger charge is 2.15. The molecule has 0 aliphatic rings. The van der Waals surface area contributed by atoms with Gasteiger partial charge in [0.25, 0.3) is 5.91 Å². The van der Waals surface area contributed by atoms with Gasteiger partial charge in [0.2, 0.25) is 0 Å². The molecule has 3 nitrogen and oxygen atoms in total. The van der Waals surface area contributed by atoms with Gasteiger partial charge in [-0.3, -0.25) is 4.79 Å². The molecule has 0 unspecified atom stereocenters. The molecular formula is C14H22N2O. The second-order valence-corrected chi connectivity index (χ2v) is 5.66. The summed E-state index contributed by atoms with van der Waals surface area (Å²) in [4.78, 5) is 13.6. The van der Waals surface area contributed by atoms with Gasteiger partial charge in [-0.25, -0.2) is 0 Å². The average molecular weight is 234 g/mol. The minimum atomic E-state index is 0.0296. The van der Waals surface area contributed by atoms with Gasteiger partial charge in [0, 0.05) is 26.3 Å². The molecule has 0 aliphatic heterocycles. The SMILES string of the molecule is CN(C)C(=O)c1ccccc1NCC(C)(C)C. The third-order valence-electron chi connectivity index (χ3n) is 2.37. The summed E-state index contributed by atoms with van der Waals surface area (Å²) in [5.41, 5.74) is 1.82. The van der Waals surface area contributed by atoms with Crippen molar-refractivity contribution < 1.29 is 4.79 Å². The third-order valence-corrected chi connectivity index (χ3v) is 2.37. The quantitative estimate of drug-likeness (QED) is 0.872. The summed E-state index contributed by atoms with van der Waals surface area (Å²) >= 11 is 0. The van der Waals surface area contributed by atoms with Crippen LogP contribution in [0.2, 0.25) is 0 Å². The molecule has 0 saturated carbocycles. The second kappa shape index (κ2) is 5.21. The summed E-state index contributed by atoms with van der Waals surface area (Å²) in [5.74, 6) is 0.0296. The number of para-hydroxylation sites is 1. The zero-order chi connectivity index (χ0) is 13.1. The smallest absolute Gasteiger partial charge is 0.255 e. The molecule has 0 aromatic heterocycles. The summed E-state index contributed by atoms with van der Waals surface area (Å²) < 4.78 is 0. The molecule has 0 radical (unpaired) electrons. The van der Waals surface area contributed by atoms with Crippen LogP contribution in [0, 0.1) is 5.41 Å². The maximum Gasteiger partial charge on any atom is 0.255 e. The van der Waals surface area contributed by atoms with E-state index >= 15 is 0 Å². The van der Waals surface area contributed by atoms with E-state index in [-0.39, 0.29) is 11.3 Å². The Balaban J connectivity index is 2.89. The van der Waals surface area contributed by atoms with Crippen LogP contribution in [0.1, 0.15) is 31.1 Å². The number of carbonyl (C=O) groups is 1. The van der Waals surface area contributed by atoms with Gasteiger partial charge in [-0.05, 0) is 17.5 Å². The van der Waals surface area contributed by atoms with E-state index in [4.69, 9.17) is 0 Å². The predicted molar refractivity (Wildman–Crippen MR) is 72.4 cm³/mol. The molecule has 94 valence electrons. The monoisotopic (exact) mass is 234 g/mol. The minimum absolute atomic E-state index is 0.0296. The Morgan fingerprint density at radius 3 is 2.35 bits per heavy atom. The lowest BCUT2D eigenvalue weighted by Crippen LogP contribution is -2.25. The first-order valence-corrected chi connectivity index (χ1v) is 5.86. The number of nitrogens with zero attached hydrogens (tertiary/aromatic N) is 1. The molecule has 1 amide bonds. The molecule has 0 saturated heterocycles. The van der Waals surface area contributed by atoms with Crippen molar-refractivity contribution in [3.8, 4) is 0 Å². The number of carbonyl (C=O) groups excluding carboxylic acids is 1. The van der Waals surface area contributed by atoms with Crippen LogP contribution in [0.25, 0.3) is 0 Å². The lowest BCUT2D eigenvalue weighted by molar-refractivity contribution is 0.0828. The van der Waals surface area contributed by atoms with Crippen molar-refractivity contribution in [2.45, 2.75) is 20.8 Å². The van der Waals surface area contributed by atoms with Crippen molar-refractivity contribution in [1.29, 1.82) is 0 Å². The molecule has 0 bridgehead atoms. The van der Waals surface area contributed by atoms with Crippen LogP contribution in [0.15, 0.2) is 24.3 Å². The largest absolute Gasteiger partial charge is 0.384 e. The van der Waals surface area contributed by atoms with Crippen LogP contribution in [0.5, 0.6) is 0 Å². The van der Waals surface area contributed by atoms with Crippen LogP contribution in [-0.2, 0) is 0 Å². The van der Waals surface area contributed by atoms with Gasteiger partial charge in [-0.1, -0.05) is 32.9 Å². The fourth-order valence-electron chi connectivity index (χ4n) is 1.43. The molecule has 0 aliphatic carbocycles. The molecule has 0 spiro atoms. The Kier molecular flexibility index (Phi) is 4.16. The summed E-state index contributed by atoms with van der Waals surface area (Å²) in [6.45, 7) is 7.33. The number of rotatable bonds is 3. The van der Waals surface area contributed by atoms with Crippen LogP contribution < -0.4 is 5.32 Å². The van der Waals surface area contributed by atoms with Crippen molar-refractivity contribution in [2.24, 2.45) is 5.41 Å². The number of hydrogen-bond donors (Lipinski definition) is 1. The molecule has 1 rings (SSSR count). The topological polar surface area (TPSA) is 32.3 Å². The van der Waals surface area contributed by atoms with Gasteiger partial charge in [-0.15, -0.1) is 0 Å². The first kappa shape index (κ1) is 13.6. The number of hydrogen-bond acceptors (Lipinski definition) is 2. The average Bonchev–Trinajstić information content (AvgIpc) is 2.24. The van der Waals surface area contributed by atoms with Gasteiger partial charge in [-0.2, -0.15) is 0 Å². The maximum atomic E-state index is 12.0. The Labute approximate surface area is 104 Å².